The van der Waals surface area contributed by atoms with Gasteiger partial charge in [-0.25, -0.2) is 18.4 Å². The molecule has 6 nitrogen and oxygen atoms in total. The Hall–Kier alpha value is -1.18. The Morgan fingerprint density at radius 3 is 2.56 bits per heavy atom. The van der Waals surface area contributed by atoms with Gasteiger partial charge in [0.05, 0.1) is 24.2 Å². The summed E-state index contributed by atoms with van der Waals surface area (Å²) in [4.78, 5) is 10.7. The van der Waals surface area contributed by atoms with Gasteiger partial charge >= 0.3 is 0 Å². The fourth-order valence-electron chi connectivity index (χ4n) is 3.65. The fourth-order valence-corrected chi connectivity index (χ4v) is 6.45. The Labute approximate surface area is 153 Å². The summed E-state index contributed by atoms with van der Waals surface area (Å²) >= 11 is 6.15. The molecule has 1 atom stereocenters. The first kappa shape index (κ1) is 17.2. The topological polar surface area (TPSA) is 72.4 Å². The highest BCUT2D eigenvalue weighted by atomic mass is 35.5. The molecule has 1 aromatic heterocycles. The van der Waals surface area contributed by atoms with Gasteiger partial charge in [0.1, 0.15) is 10.6 Å². The largest absolute Gasteiger partial charge is 0.378 e. The van der Waals surface area contributed by atoms with E-state index in [-0.39, 0.29) is 11.2 Å². The molecule has 0 radical (unpaired) electrons. The van der Waals surface area contributed by atoms with Crippen molar-refractivity contribution in [1.82, 2.24) is 9.97 Å². The van der Waals surface area contributed by atoms with E-state index in [1.807, 2.05) is 0 Å². The van der Waals surface area contributed by atoms with Crippen LogP contribution in [0.15, 0.2) is 18.7 Å². The van der Waals surface area contributed by atoms with Gasteiger partial charge in [-0.3, -0.25) is 0 Å². The van der Waals surface area contributed by atoms with Crippen LogP contribution in [-0.4, -0.2) is 49.9 Å². The van der Waals surface area contributed by atoms with Crippen LogP contribution in [0, 0.1) is 5.92 Å². The number of aromatic nitrogens is 2. The van der Waals surface area contributed by atoms with Crippen LogP contribution in [0.4, 0.5) is 5.82 Å². The highest BCUT2D eigenvalue weighted by Gasteiger charge is 2.61. The first-order valence-electron chi connectivity index (χ1n) is 8.72. The van der Waals surface area contributed by atoms with E-state index in [0.29, 0.717) is 50.7 Å². The van der Waals surface area contributed by atoms with Crippen LogP contribution in [0.1, 0.15) is 31.4 Å². The predicted molar refractivity (Wildman–Crippen MR) is 96.6 cm³/mol. The lowest BCUT2D eigenvalue weighted by Gasteiger charge is -2.29. The van der Waals surface area contributed by atoms with E-state index in [4.69, 9.17) is 16.3 Å². The standard InChI is InChI=1S/C17H22ClN3O3S/c1-2-13(12-3-4-12)25(22,23)17(5-6-17)14-11-15(20-16(18)19-14)21-7-9-24-10-8-21/h2,11-13H,1,3-10H2. The SMILES string of the molecule is C=CC(C1CC1)S(=O)(=O)C1(c2cc(N3CCOCC3)nc(Cl)n2)CC1. The maximum absolute atomic E-state index is 13.3. The summed E-state index contributed by atoms with van der Waals surface area (Å²) in [6.45, 7) is 6.45. The van der Waals surface area contributed by atoms with Crippen molar-refractivity contribution >= 4 is 27.3 Å². The maximum atomic E-state index is 13.3. The van der Waals surface area contributed by atoms with Crippen molar-refractivity contribution in [3.63, 3.8) is 0 Å². The number of sulfone groups is 1. The van der Waals surface area contributed by atoms with Gasteiger partial charge in [0.25, 0.3) is 0 Å². The molecular weight excluding hydrogens is 362 g/mol. The normalized spacial score (nSPS) is 24.0. The minimum atomic E-state index is -3.40. The fraction of sp³-hybridized carbons (Fsp3) is 0.647. The van der Waals surface area contributed by atoms with Gasteiger partial charge in [-0.05, 0) is 43.2 Å². The van der Waals surface area contributed by atoms with E-state index >= 15 is 0 Å². The number of morpholine rings is 1. The van der Waals surface area contributed by atoms with E-state index in [9.17, 15) is 8.42 Å². The zero-order chi connectivity index (χ0) is 17.7. The zero-order valence-corrected chi connectivity index (χ0v) is 15.6. The van der Waals surface area contributed by atoms with E-state index in [1.54, 1.807) is 12.1 Å². The Balaban J connectivity index is 1.71. The van der Waals surface area contributed by atoms with E-state index in [0.717, 1.165) is 12.8 Å². The molecule has 0 bridgehead atoms. The third-order valence-electron chi connectivity index (χ3n) is 5.41. The van der Waals surface area contributed by atoms with Crippen LogP contribution in [0.2, 0.25) is 5.28 Å². The number of halogens is 1. The summed E-state index contributed by atoms with van der Waals surface area (Å²) in [6, 6.07) is 1.80. The zero-order valence-electron chi connectivity index (χ0n) is 14.0. The van der Waals surface area contributed by atoms with Crippen molar-refractivity contribution < 1.29 is 13.2 Å². The van der Waals surface area contributed by atoms with Gasteiger partial charge < -0.3 is 9.64 Å². The monoisotopic (exact) mass is 383 g/mol. The molecule has 0 amide bonds. The molecule has 1 saturated heterocycles. The molecule has 136 valence electrons. The Bertz CT molecular complexity index is 784. The van der Waals surface area contributed by atoms with E-state index in [2.05, 4.69) is 21.4 Å². The minimum Gasteiger partial charge on any atom is -0.378 e. The van der Waals surface area contributed by atoms with Crippen molar-refractivity contribution in [1.29, 1.82) is 0 Å². The molecule has 0 aromatic carbocycles. The molecule has 1 unspecified atom stereocenters. The molecule has 8 heteroatoms. The molecule has 3 fully saturated rings. The van der Waals surface area contributed by atoms with Crippen molar-refractivity contribution in [3.8, 4) is 0 Å². The lowest BCUT2D eigenvalue weighted by atomic mass is 10.2. The molecule has 3 aliphatic rings. The van der Waals surface area contributed by atoms with Crippen molar-refractivity contribution in [2.45, 2.75) is 35.7 Å². The van der Waals surface area contributed by atoms with Crippen molar-refractivity contribution in [3.05, 3.63) is 29.7 Å². The van der Waals surface area contributed by atoms with Gasteiger partial charge in [0.15, 0.2) is 9.84 Å². The number of ether oxygens (including phenoxy) is 1. The lowest BCUT2D eigenvalue weighted by Crippen LogP contribution is -2.37. The first-order valence-corrected chi connectivity index (χ1v) is 10.6. The van der Waals surface area contributed by atoms with Crippen molar-refractivity contribution in [2.24, 2.45) is 5.92 Å². The predicted octanol–water partition coefficient (Wildman–Crippen LogP) is 2.34. The second-order valence-electron chi connectivity index (χ2n) is 7.06. The number of nitrogens with zero attached hydrogens (tertiary/aromatic N) is 3. The number of hydrogen-bond donors (Lipinski definition) is 0. The van der Waals surface area contributed by atoms with Gasteiger partial charge in [-0.2, -0.15) is 0 Å². The van der Waals surface area contributed by atoms with Crippen LogP contribution < -0.4 is 4.90 Å². The van der Waals surface area contributed by atoms with Crippen LogP contribution in [-0.2, 0) is 19.3 Å². The number of hydrogen-bond acceptors (Lipinski definition) is 6. The summed E-state index contributed by atoms with van der Waals surface area (Å²) in [5.41, 5.74) is 0.529. The second kappa shape index (κ2) is 6.21. The summed E-state index contributed by atoms with van der Waals surface area (Å²) < 4.78 is 31.1. The molecular formula is C17H22ClN3O3S. The molecule has 1 aromatic rings. The van der Waals surface area contributed by atoms with Crippen LogP contribution in [0.3, 0.4) is 0 Å². The number of rotatable bonds is 6. The Kier molecular flexibility index (Phi) is 4.29. The quantitative estimate of drug-likeness (QED) is 0.554. The smallest absolute Gasteiger partial charge is 0.224 e. The Morgan fingerprint density at radius 2 is 2.00 bits per heavy atom. The van der Waals surface area contributed by atoms with Gasteiger partial charge in [-0.1, -0.05) is 6.08 Å². The van der Waals surface area contributed by atoms with E-state index in [1.165, 1.54) is 0 Å². The number of anilines is 1. The molecule has 1 aliphatic heterocycles. The highest BCUT2D eigenvalue weighted by Crippen LogP contribution is 2.56. The maximum Gasteiger partial charge on any atom is 0.224 e. The molecule has 2 heterocycles. The summed E-state index contributed by atoms with van der Waals surface area (Å²) in [5, 5.41) is -0.391. The van der Waals surface area contributed by atoms with Gasteiger partial charge in [-0.15, -0.1) is 6.58 Å². The summed E-state index contributed by atoms with van der Waals surface area (Å²) in [7, 11) is -3.40. The second-order valence-corrected chi connectivity index (χ2v) is 9.81. The third kappa shape index (κ3) is 2.96. The average Bonchev–Trinajstić information content (AvgIpc) is 3.48. The minimum absolute atomic E-state index is 0.0991. The molecule has 2 saturated carbocycles. The molecule has 25 heavy (non-hydrogen) atoms. The first-order chi connectivity index (χ1) is 12.0. The third-order valence-corrected chi connectivity index (χ3v) is 8.58. The van der Waals surface area contributed by atoms with Crippen LogP contribution in [0.25, 0.3) is 0 Å². The van der Waals surface area contributed by atoms with Crippen molar-refractivity contribution in [2.75, 3.05) is 31.2 Å². The lowest BCUT2D eigenvalue weighted by molar-refractivity contribution is 0.122. The molecule has 2 aliphatic carbocycles. The molecule has 4 rings (SSSR count). The Morgan fingerprint density at radius 1 is 1.32 bits per heavy atom. The highest BCUT2D eigenvalue weighted by molar-refractivity contribution is 7.93. The molecule has 0 spiro atoms. The molecule has 0 N–H and O–H groups in total. The van der Waals surface area contributed by atoms with Gasteiger partial charge in [0, 0.05) is 19.2 Å². The van der Waals surface area contributed by atoms with Crippen LogP contribution in [0.5, 0.6) is 0 Å². The van der Waals surface area contributed by atoms with Gasteiger partial charge in [0.2, 0.25) is 5.28 Å². The summed E-state index contributed by atoms with van der Waals surface area (Å²) in [6.07, 6.45) is 4.68. The van der Waals surface area contributed by atoms with E-state index < -0.39 is 19.8 Å². The average molecular weight is 384 g/mol. The van der Waals surface area contributed by atoms with Crippen LogP contribution >= 0.6 is 11.6 Å². The summed E-state index contributed by atoms with van der Waals surface area (Å²) in [5.74, 6) is 0.886.